The van der Waals surface area contributed by atoms with E-state index in [1.54, 1.807) is 0 Å². The molecule has 0 aromatic rings. The van der Waals surface area contributed by atoms with Gasteiger partial charge < -0.3 is 14.9 Å². The van der Waals surface area contributed by atoms with E-state index in [0.717, 1.165) is 11.0 Å². The average Bonchev–Trinajstić information content (AvgIpc) is 2.54. The Hall–Kier alpha value is -0.120. The Kier molecular flexibility index (Phi) is 27.0. The zero-order valence-corrected chi connectivity index (χ0v) is 19.7. The summed E-state index contributed by atoms with van der Waals surface area (Å²) in [7, 11) is 11.0. The third-order valence-electron chi connectivity index (χ3n) is 4.81. The second-order valence-corrected chi connectivity index (χ2v) is 9.01. The second kappa shape index (κ2) is 22.9. The van der Waals surface area contributed by atoms with Crippen molar-refractivity contribution < 1.29 is 9.96 Å². The topological polar surface area (TPSA) is 34.7 Å². The molecule has 0 unspecified atom stereocenters. The highest BCUT2D eigenvalue weighted by atomic mass is 16.0. The van der Waals surface area contributed by atoms with Gasteiger partial charge in [0.1, 0.15) is 0 Å². The lowest BCUT2D eigenvalue weighted by Gasteiger charge is -2.23. The van der Waals surface area contributed by atoms with E-state index in [1.165, 1.54) is 96.4 Å². The van der Waals surface area contributed by atoms with Crippen LogP contribution in [-0.2, 0) is 0 Å². The van der Waals surface area contributed by atoms with Crippen LogP contribution >= 0.6 is 0 Å². The van der Waals surface area contributed by atoms with Crippen LogP contribution in [0.25, 0.3) is 0 Å². The summed E-state index contributed by atoms with van der Waals surface area (Å²) in [4.78, 5) is 2.12. The highest BCUT2D eigenvalue weighted by molar-refractivity contribution is 4.49. The Labute approximate surface area is 167 Å². The molecule has 0 atom stereocenters. The molecule has 3 nitrogen and oxygen atoms in total. The van der Waals surface area contributed by atoms with Gasteiger partial charge in [-0.05, 0) is 33.5 Å². The number of unbranched alkanes of at least 4 members (excludes halogenated alkanes) is 13. The summed E-state index contributed by atoms with van der Waals surface area (Å²) in [5, 5.41) is 0. The maximum absolute atomic E-state index is 2.29. The molecule has 0 heterocycles. The summed E-state index contributed by atoms with van der Waals surface area (Å²) in [6.07, 6.45) is 20.4. The molecule has 0 aliphatic rings. The van der Waals surface area contributed by atoms with E-state index in [2.05, 4.69) is 54.0 Å². The number of rotatable bonds is 16. The first kappa shape index (κ1) is 30.6. The van der Waals surface area contributed by atoms with E-state index in [-0.39, 0.29) is 5.48 Å². The molecule has 0 aromatic heterocycles. The smallest absolute Gasteiger partial charge is 0.0780 e. The van der Waals surface area contributed by atoms with Crippen molar-refractivity contribution in [3.8, 4) is 0 Å². The normalized spacial score (nSPS) is 11.1. The summed E-state index contributed by atoms with van der Waals surface area (Å²) >= 11 is 0. The Bertz CT molecular complexity index is 237. The minimum atomic E-state index is 0. The largest absolute Gasteiger partial charge is 0.412 e. The molecule has 0 saturated carbocycles. The van der Waals surface area contributed by atoms with E-state index in [1.807, 2.05) is 0 Å². The first-order valence-electron chi connectivity index (χ1n) is 11.3. The first-order valence-corrected chi connectivity index (χ1v) is 11.3. The standard InChI is InChI=1S/C19H42N.C4H11N.H2O/c1-5-6-7-8-9-10-11-12-13-14-15-16-17-18-19-20(2,3)4;1-4-5(2)3;/h5-19H2,1-4H3;4H2,1-3H3;1H2/q+1;;. The van der Waals surface area contributed by atoms with Gasteiger partial charge in [-0.15, -0.1) is 0 Å². The third kappa shape index (κ3) is 35.1. The molecular weight excluding hydrogens is 320 g/mol. The molecule has 26 heavy (non-hydrogen) atoms. The van der Waals surface area contributed by atoms with Gasteiger partial charge in [0.15, 0.2) is 0 Å². The number of hydrogen-bond donors (Lipinski definition) is 0. The summed E-state index contributed by atoms with van der Waals surface area (Å²) in [5.41, 5.74) is 0. The van der Waals surface area contributed by atoms with E-state index in [0.29, 0.717) is 0 Å². The molecule has 0 aromatic carbocycles. The van der Waals surface area contributed by atoms with E-state index < -0.39 is 0 Å². The maximum atomic E-state index is 2.29. The Morgan fingerprint density at radius 1 is 0.538 bits per heavy atom. The van der Waals surface area contributed by atoms with Crippen molar-refractivity contribution in [1.82, 2.24) is 4.90 Å². The first-order chi connectivity index (χ1) is 11.8. The van der Waals surface area contributed by atoms with Crippen molar-refractivity contribution in [2.24, 2.45) is 0 Å². The minimum Gasteiger partial charge on any atom is -0.412 e. The zero-order chi connectivity index (χ0) is 19.4. The van der Waals surface area contributed by atoms with Gasteiger partial charge in [-0.2, -0.15) is 0 Å². The minimum absolute atomic E-state index is 0. The Morgan fingerprint density at radius 3 is 1.04 bits per heavy atom. The lowest BCUT2D eigenvalue weighted by Crippen LogP contribution is -2.35. The van der Waals surface area contributed by atoms with Gasteiger partial charge in [0.05, 0.1) is 27.7 Å². The lowest BCUT2D eigenvalue weighted by atomic mass is 10.0. The van der Waals surface area contributed by atoms with Crippen LogP contribution in [0.2, 0.25) is 0 Å². The number of hydrogen-bond acceptors (Lipinski definition) is 1. The van der Waals surface area contributed by atoms with Gasteiger partial charge in [0, 0.05) is 0 Å². The average molecular weight is 376 g/mol. The number of quaternary nitrogens is 1. The summed E-state index contributed by atoms with van der Waals surface area (Å²) in [6, 6.07) is 0. The predicted molar refractivity (Wildman–Crippen MR) is 121 cm³/mol. The van der Waals surface area contributed by atoms with Gasteiger partial charge in [-0.3, -0.25) is 0 Å². The van der Waals surface area contributed by atoms with Crippen molar-refractivity contribution in [2.45, 2.75) is 104 Å². The fourth-order valence-corrected chi connectivity index (χ4v) is 2.78. The SMILES string of the molecule is CCCCCCCCCCCCCCCC[N+](C)(C)C.CCN(C)C.O. The van der Waals surface area contributed by atoms with Gasteiger partial charge >= 0.3 is 0 Å². The molecule has 0 amide bonds. The summed E-state index contributed by atoms with van der Waals surface area (Å²) < 4.78 is 1.12. The Morgan fingerprint density at radius 2 is 0.808 bits per heavy atom. The van der Waals surface area contributed by atoms with Gasteiger partial charge in [-0.1, -0.05) is 90.9 Å². The van der Waals surface area contributed by atoms with Crippen LogP contribution in [0.1, 0.15) is 104 Å². The molecule has 0 fully saturated rings. The van der Waals surface area contributed by atoms with Crippen LogP contribution in [0.4, 0.5) is 0 Å². The Balaban J connectivity index is -0.000000772. The summed E-state index contributed by atoms with van der Waals surface area (Å²) in [6.45, 7) is 6.89. The molecule has 3 heteroatoms. The lowest BCUT2D eigenvalue weighted by molar-refractivity contribution is -0.870. The summed E-state index contributed by atoms with van der Waals surface area (Å²) in [5.74, 6) is 0. The monoisotopic (exact) mass is 375 g/mol. The van der Waals surface area contributed by atoms with Gasteiger partial charge in [0.2, 0.25) is 0 Å². The molecule has 162 valence electrons. The molecular formula is C23H55N2O+. The molecule has 0 radical (unpaired) electrons. The fourth-order valence-electron chi connectivity index (χ4n) is 2.78. The second-order valence-electron chi connectivity index (χ2n) is 9.01. The quantitative estimate of drug-likeness (QED) is 0.244. The molecule has 0 bridgehead atoms. The van der Waals surface area contributed by atoms with Crippen molar-refractivity contribution >= 4 is 0 Å². The molecule has 0 aliphatic heterocycles. The van der Waals surface area contributed by atoms with Crippen molar-refractivity contribution in [1.29, 1.82) is 0 Å². The van der Waals surface area contributed by atoms with Crippen LogP contribution < -0.4 is 0 Å². The maximum Gasteiger partial charge on any atom is 0.0780 e. The van der Waals surface area contributed by atoms with Crippen LogP contribution in [0, 0.1) is 0 Å². The highest BCUT2D eigenvalue weighted by Gasteiger charge is 2.04. The fraction of sp³-hybridized carbons (Fsp3) is 1.00. The van der Waals surface area contributed by atoms with Crippen molar-refractivity contribution in [3.63, 3.8) is 0 Å². The van der Waals surface area contributed by atoms with Gasteiger partial charge in [-0.25, -0.2) is 0 Å². The van der Waals surface area contributed by atoms with E-state index in [4.69, 9.17) is 0 Å². The van der Waals surface area contributed by atoms with Gasteiger partial charge in [0.25, 0.3) is 0 Å². The van der Waals surface area contributed by atoms with Crippen LogP contribution in [0.15, 0.2) is 0 Å². The van der Waals surface area contributed by atoms with Crippen LogP contribution in [-0.4, -0.2) is 63.2 Å². The third-order valence-corrected chi connectivity index (χ3v) is 4.81. The van der Waals surface area contributed by atoms with E-state index in [9.17, 15) is 0 Å². The predicted octanol–water partition coefficient (Wildman–Crippen LogP) is 5.92. The van der Waals surface area contributed by atoms with E-state index >= 15 is 0 Å². The molecule has 2 N–H and O–H groups in total. The molecule has 0 saturated heterocycles. The molecule has 0 rings (SSSR count). The highest BCUT2D eigenvalue weighted by Crippen LogP contribution is 2.13. The van der Waals surface area contributed by atoms with Crippen molar-refractivity contribution in [2.75, 3.05) is 48.3 Å². The zero-order valence-electron chi connectivity index (χ0n) is 19.7. The van der Waals surface area contributed by atoms with Crippen molar-refractivity contribution in [3.05, 3.63) is 0 Å². The number of nitrogens with zero attached hydrogens (tertiary/aromatic N) is 2. The van der Waals surface area contributed by atoms with Crippen LogP contribution in [0.3, 0.4) is 0 Å². The molecule has 0 aliphatic carbocycles. The molecule has 0 spiro atoms. The van der Waals surface area contributed by atoms with Crippen LogP contribution in [0.5, 0.6) is 0 Å².